The number of aryl methyl sites for hydroxylation is 1. The van der Waals surface area contributed by atoms with E-state index in [-0.39, 0.29) is 29.6 Å². The van der Waals surface area contributed by atoms with Gasteiger partial charge in [-0.3, -0.25) is 4.79 Å². The fraction of sp³-hybridized carbons (Fsp3) is 0.536. The zero-order chi connectivity index (χ0) is 27.3. The van der Waals surface area contributed by atoms with Crippen LogP contribution in [0.2, 0.25) is 5.02 Å². The number of ether oxygens (including phenoxy) is 3. The molecule has 2 aromatic rings. The summed E-state index contributed by atoms with van der Waals surface area (Å²) in [7, 11) is -0.893. The summed E-state index contributed by atoms with van der Waals surface area (Å²) in [6, 6.07) is 10.3. The molecule has 2 aromatic carbocycles. The normalized spacial score (nSPS) is 18.2. The Bertz CT molecular complexity index is 1240. The minimum absolute atomic E-state index is 0.0733. The van der Waals surface area contributed by atoms with Gasteiger partial charge in [0.15, 0.2) is 0 Å². The number of carbonyl (C=O) groups is 1. The summed E-state index contributed by atoms with van der Waals surface area (Å²) < 4.78 is 45.6. The van der Waals surface area contributed by atoms with Gasteiger partial charge in [0.1, 0.15) is 22.1 Å². The van der Waals surface area contributed by atoms with Gasteiger partial charge in [0.2, 0.25) is 15.9 Å². The quantitative estimate of drug-likeness (QED) is 0.430. The van der Waals surface area contributed by atoms with Crippen LogP contribution in [0, 0.1) is 12.3 Å². The van der Waals surface area contributed by atoms with Crippen molar-refractivity contribution in [1.82, 2.24) is 9.21 Å². The molecule has 0 radical (unpaired) electrons. The Morgan fingerprint density at radius 2 is 1.63 bits per heavy atom. The number of likely N-dealkylation sites (tertiary alicyclic amines) is 1. The molecule has 0 N–H and O–H groups in total. The van der Waals surface area contributed by atoms with Crippen LogP contribution in [0.5, 0.6) is 17.2 Å². The molecule has 4 rings (SSSR count). The van der Waals surface area contributed by atoms with Crippen molar-refractivity contribution in [3.05, 3.63) is 47.0 Å². The fourth-order valence-corrected chi connectivity index (χ4v) is 6.95. The van der Waals surface area contributed by atoms with Gasteiger partial charge in [-0.25, -0.2) is 8.42 Å². The predicted octanol–water partition coefficient (Wildman–Crippen LogP) is 4.92. The van der Waals surface area contributed by atoms with E-state index in [1.807, 2.05) is 24.0 Å². The molecule has 2 heterocycles. The van der Waals surface area contributed by atoms with Gasteiger partial charge < -0.3 is 19.1 Å². The van der Waals surface area contributed by atoms with Crippen molar-refractivity contribution in [2.24, 2.45) is 5.41 Å². The summed E-state index contributed by atoms with van der Waals surface area (Å²) in [6.07, 6.45) is 4.53. The van der Waals surface area contributed by atoms with Crippen molar-refractivity contribution in [2.75, 3.05) is 47.0 Å². The summed E-state index contributed by atoms with van der Waals surface area (Å²) in [5.41, 5.74) is 0.433. The van der Waals surface area contributed by atoms with Crippen molar-refractivity contribution in [3.63, 3.8) is 0 Å². The number of benzene rings is 2. The molecule has 0 spiro atoms. The van der Waals surface area contributed by atoms with Crippen molar-refractivity contribution in [2.45, 2.75) is 50.3 Å². The van der Waals surface area contributed by atoms with E-state index in [9.17, 15) is 13.2 Å². The van der Waals surface area contributed by atoms with E-state index >= 15 is 0 Å². The second-order valence-corrected chi connectivity index (χ2v) is 12.6. The Balaban J connectivity index is 1.54. The largest absolute Gasteiger partial charge is 0.497 e. The molecule has 1 amide bonds. The van der Waals surface area contributed by atoms with Crippen LogP contribution in [0.15, 0.2) is 41.3 Å². The number of amides is 1. The zero-order valence-corrected chi connectivity index (χ0v) is 23.9. The minimum atomic E-state index is -3.84. The first-order valence-electron chi connectivity index (χ1n) is 13.1. The van der Waals surface area contributed by atoms with E-state index in [4.69, 9.17) is 25.8 Å². The van der Waals surface area contributed by atoms with Gasteiger partial charge in [-0.1, -0.05) is 11.6 Å². The number of piperidine rings is 2. The minimum Gasteiger partial charge on any atom is -0.497 e. The monoisotopic (exact) mass is 564 g/mol. The highest BCUT2D eigenvalue weighted by atomic mass is 35.5. The number of rotatable bonds is 9. The Hall–Kier alpha value is -2.49. The number of nitrogens with zero attached hydrogens (tertiary/aromatic N) is 2. The van der Waals surface area contributed by atoms with Crippen LogP contribution in [0.1, 0.15) is 44.1 Å². The number of sulfonamides is 1. The lowest BCUT2D eigenvalue weighted by Gasteiger charge is -2.42. The van der Waals surface area contributed by atoms with E-state index in [1.54, 1.807) is 18.2 Å². The maximum Gasteiger partial charge on any atom is 0.246 e. The zero-order valence-electron chi connectivity index (χ0n) is 22.4. The smallest absolute Gasteiger partial charge is 0.246 e. The summed E-state index contributed by atoms with van der Waals surface area (Å²) in [4.78, 5) is 15.3. The molecular formula is C28H37ClN2O6S. The lowest BCUT2D eigenvalue weighted by Crippen LogP contribution is -2.48. The Kier molecular flexibility index (Phi) is 9.11. The molecule has 2 aliphatic heterocycles. The summed E-state index contributed by atoms with van der Waals surface area (Å²) in [6.45, 7) is 4.35. The van der Waals surface area contributed by atoms with Gasteiger partial charge in [-0.2, -0.15) is 4.31 Å². The topological polar surface area (TPSA) is 85.4 Å². The van der Waals surface area contributed by atoms with Gasteiger partial charge >= 0.3 is 0 Å². The standard InChI is InChI=1S/C28H37ClN2O6S/c1-21-17-23(7-9-24(21)29)37-20-28(19-27(32)30-13-5-4-6-14-30)11-15-31(16-12-28)38(33,34)26-18-22(35-2)8-10-25(26)36-3/h7-10,17-18H,4-6,11-16,19-20H2,1-3H3. The first-order chi connectivity index (χ1) is 18.2. The Morgan fingerprint density at radius 3 is 2.26 bits per heavy atom. The molecule has 38 heavy (non-hydrogen) atoms. The van der Waals surface area contributed by atoms with E-state index in [0.29, 0.717) is 42.4 Å². The molecule has 0 saturated carbocycles. The van der Waals surface area contributed by atoms with Gasteiger partial charge in [-0.15, -0.1) is 0 Å². The summed E-state index contributed by atoms with van der Waals surface area (Å²) in [5.74, 6) is 1.51. The molecule has 8 nitrogen and oxygen atoms in total. The van der Waals surface area contributed by atoms with Crippen LogP contribution >= 0.6 is 11.6 Å². The van der Waals surface area contributed by atoms with Crippen LogP contribution in [0.3, 0.4) is 0 Å². The second kappa shape index (κ2) is 12.1. The molecule has 0 aliphatic carbocycles. The van der Waals surface area contributed by atoms with E-state index in [0.717, 1.165) is 37.9 Å². The first kappa shape index (κ1) is 28.5. The van der Waals surface area contributed by atoms with Crippen LogP contribution in [0.25, 0.3) is 0 Å². The molecule has 0 bridgehead atoms. The highest BCUT2D eigenvalue weighted by molar-refractivity contribution is 7.89. The molecule has 208 valence electrons. The summed E-state index contributed by atoms with van der Waals surface area (Å²) in [5, 5.41) is 0.666. The van der Waals surface area contributed by atoms with E-state index in [2.05, 4.69) is 0 Å². The van der Waals surface area contributed by atoms with Crippen LogP contribution in [0.4, 0.5) is 0 Å². The number of hydrogen-bond acceptors (Lipinski definition) is 6. The molecule has 2 aliphatic rings. The summed E-state index contributed by atoms with van der Waals surface area (Å²) >= 11 is 6.18. The van der Waals surface area contributed by atoms with Crippen LogP contribution in [-0.2, 0) is 14.8 Å². The molecular weight excluding hydrogens is 528 g/mol. The number of hydrogen-bond donors (Lipinski definition) is 0. The molecule has 2 fully saturated rings. The Morgan fingerprint density at radius 1 is 0.947 bits per heavy atom. The van der Waals surface area contributed by atoms with Crippen molar-refractivity contribution >= 4 is 27.5 Å². The number of halogens is 1. The van der Waals surface area contributed by atoms with Gasteiger partial charge in [0, 0.05) is 49.1 Å². The van der Waals surface area contributed by atoms with Gasteiger partial charge in [0.05, 0.1) is 20.8 Å². The average Bonchev–Trinajstić information content (AvgIpc) is 2.94. The van der Waals surface area contributed by atoms with Crippen molar-refractivity contribution in [3.8, 4) is 17.2 Å². The first-order valence-corrected chi connectivity index (χ1v) is 14.9. The van der Waals surface area contributed by atoms with Crippen LogP contribution in [-0.4, -0.2) is 70.5 Å². The maximum absolute atomic E-state index is 13.6. The SMILES string of the molecule is COc1ccc(OC)c(S(=O)(=O)N2CCC(COc3ccc(Cl)c(C)c3)(CC(=O)N3CCCCC3)CC2)c1. The van der Waals surface area contributed by atoms with Crippen molar-refractivity contribution < 1.29 is 27.4 Å². The van der Waals surface area contributed by atoms with E-state index < -0.39 is 15.4 Å². The van der Waals surface area contributed by atoms with E-state index in [1.165, 1.54) is 24.6 Å². The molecule has 0 aromatic heterocycles. The molecule has 0 unspecified atom stereocenters. The second-order valence-electron chi connectivity index (χ2n) is 10.2. The lowest BCUT2D eigenvalue weighted by atomic mass is 9.76. The third-order valence-corrected chi connectivity index (χ3v) is 10.0. The predicted molar refractivity (Wildman–Crippen MR) is 147 cm³/mol. The van der Waals surface area contributed by atoms with Crippen molar-refractivity contribution in [1.29, 1.82) is 0 Å². The lowest BCUT2D eigenvalue weighted by molar-refractivity contribution is -0.136. The fourth-order valence-electron chi connectivity index (χ4n) is 5.22. The van der Waals surface area contributed by atoms with Gasteiger partial charge in [-0.05, 0) is 74.9 Å². The number of methoxy groups -OCH3 is 2. The molecule has 0 atom stereocenters. The van der Waals surface area contributed by atoms with Gasteiger partial charge in [0.25, 0.3) is 0 Å². The highest BCUT2D eigenvalue weighted by Crippen LogP contribution is 2.40. The third-order valence-electron chi connectivity index (χ3n) is 7.68. The molecule has 10 heteroatoms. The Labute approximate surface area is 230 Å². The average molecular weight is 565 g/mol. The molecule has 2 saturated heterocycles. The maximum atomic E-state index is 13.6. The third kappa shape index (κ3) is 6.38. The number of carbonyl (C=O) groups excluding carboxylic acids is 1. The van der Waals surface area contributed by atoms with Crippen LogP contribution < -0.4 is 14.2 Å². The highest BCUT2D eigenvalue weighted by Gasteiger charge is 2.42.